The number of halogens is 2. The molecule has 0 fully saturated rings. The van der Waals surface area contributed by atoms with E-state index in [1.807, 2.05) is 0 Å². The first-order valence-electron chi connectivity index (χ1n) is 6.45. The molecule has 1 atom stereocenters. The lowest BCUT2D eigenvalue weighted by Gasteiger charge is -2.21. The van der Waals surface area contributed by atoms with E-state index in [0.717, 1.165) is 17.4 Å². The number of rotatable bonds is 5. The van der Waals surface area contributed by atoms with Gasteiger partial charge in [0, 0.05) is 8.04 Å². The fraction of sp³-hybridized carbons (Fsp3) is 0.250. The molecule has 0 bridgehead atoms. The third-order valence-electron chi connectivity index (χ3n) is 3.02. The summed E-state index contributed by atoms with van der Waals surface area (Å²) < 4.78 is 2.42. The largest absolute Gasteiger partial charge is 0.306 e. The molecule has 2 aromatic rings. The molecule has 1 N–H and O–H groups in total. The molecule has 2 aromatic carbocycles. The maximum atomic E-state index is 3.64. The van der Waals surface area contributed by atoms with Gasteiger partial charge >= 0.3 is 0 Å². The van der Waals surface area contributed by atoms with Crippen LogP contribution in [0.2, 0.25) is 0 Å². The smallest absolute Gasteiger partial charge is 0.0587 e. The first-order valence-corrected chi connectivity index (χ1v) is 8.33. The van der Waals surface area contributed by atoms with Crippen LogP contribution in [0.4, 0.5) is 0 Å². The molecular weight excluding hydrogens is 413 g/mol. The molecule has 0 heterocycles. The number of hydrogen-bond acceptors (Lipinski definition) is 1. The Kier molecular flexibility index (Phi) is 5.85. The van der Waals surface area contributed by atoms with Crippen molar-refractivity contribution in [3.8, 4) is 0 Å². The van der Waals surface area contributed by atoms with Gasteiger partial charge in [-0.2, -0.15) is 0 Å². The summed E-state index contributed by atoms with van der Waals surface area (Å²) in [5.41, 5.74) is 2.65. The number of benzene rings is 2. The number of hydrogen-bond donors (Lipinski definition) is 1. The minimum atomic E-state index is 0.265. The Balaban J connectivity index is 2.35. The SMILES string of the molecule is CCCNC(c1ccc(Br)cc1)c1ccccc1I. The molecule has 0 aliphatic carbocycles. The van der Waals surface area contributed by atoms with E-state index in [2.05, 4.69) is 99.3 Å². The van der Waals surface area contributed by atoms with E-state index in [0.29, 0.717) is 0 Å². The minimum absolute atomic E-state index is 0.265. The predicted molar refractivity (Wildman–Crippen MR) is 93.4 cm³/mol. The van der Waals surface area contributed by atoms with Crippen LogP contribution in [0, 0.1) is 3.57 Å². The lowest BCUT2D eigenvalue weighted by Crippen LogP contribution is -2.23. The highest BCUT2D eigenvalue weighted by atomic mass is 127. The Morgan fingerprint density at radius 1 is 1.11 bits per heavy atom. The zero-order valence-corrected chi connectivity index (χ0v) is 14.6. The van der Waals surface area contributed by atoms with Crippen LogP contribution in [0.15, 0.2) is 53.0 Å². The summed E-state index contributed by atoms with van der Waals surface area (Å²) in [6.45, 7) is 3.22. The van der Waals surface area contributed by atoms with Crippen LogP contribution in [0.25, 0.3) is 0 Å². The molecule has 19 heavy (non-hydrogen) atoms. The molecule has 100 valence electrons. The van der Waals surface area contributed by atoms with Crippen LogP contribution >= 0.6 is 38.5 Å². The quantitative estimate of drug-likeness (QED) is 0.648. The van der Waals surface area contributed by atoms with Crippen LogP contribution in [-0.4, -0.2) is 6.54 Å². The summed E-state index contributed by atoms with van der Waals surface area (Å²) >= 11 is 5.91. The van der Waals surface area contributed by atoms with E-state index in [4.69, 9.17) is 0 Å². The van der Waals surface area contributed by atoms with Gasteiger partial charge in [0.05, 0.1) is 6.04 Å². The molecule has 0 aromatic heterocycles. The van der Waals surface area contributed by atoms with Crippen molar-refractivity contribution in [2.45, 2.75) is 19.4 Å². The van der Waals surface area contributed by atoms with Crippen LogP contribution < -0.4 is 5.32 Å². The van der Waals surface area contributed by atoms with Crippen molar-refractivity contribution in [2.24, 2.45) is 0 Å². The van der Waals surface area contributed by atoms with Gasteiger partial charge in [-0.3, -0.25) is 0 Å². The van der Waals surface area contributed by atoms with Gasteiger partial charge in [-0.05, 0) is 64.9 Å². The fourth-order valence-corrected chi connectivity index (χ4v) is 3.02. The highest BCUT2D eigenvalue weighted by Crippen LogP contribution is 2.27. The van der Waals surface area contributed by atoms with Crippen molar-refractivity contribution in [3.63, 3.8) is 0 Å². The zero-order valence-electron chi connectivity index (χ0n) is 10.9. The summed E-state index contributed by atoms with van der Waals surface area (Å²) in [6.07, 6.45) is 1.14. The van der Waals surface area contributed by atoms with E-state index in [1.165, 1.54) is 14.7 Å². The van der Waals surface area contributed by atoms with E-state index in [-0.39, 0.29) is 6.04 Å². The molecule has 1 nitrogen and oxygen atoms in total. The summed E-state index contributed by atoms with van der Waals surface area (Å²) in [7, 11) is 0. The topological polar surface area (TPSA) is 12.0 Å². The van der Waals surface area contributed by atoms with Crippen molar-refractivity contribution in [3.05, 3.63) is 67.7 Å². The van der Waals surface area contributed by atoms with E-state index >= 15 is 0 Å². The Morgan fingerprint density at radius 2 is 1.79 bits per heavy atom. The Hall–Kier alpha value is -0.390. The minimum Gasteiger partial charge on any atom is -0.306 e. The molecule has 0 aliphatic rings. The van der Waals surface area contributed by atoms with Crippen molar-refractivity contribution < 1.29 is 0 Å². The lowest BCUT2D eigenvalue weighted by atomic mass is 9.99. The first kappa shape index (κ1) is 15.0. The van der Waals surface area contributed by atoms with Gasteiger partial charge in [-0.25, -0.2) is 0 Å². The third kappa shape index (κ3) is 4.04. The van der Waals surface area contributed by atoms with Gasteiger partial charge in [0.1, 0.15) is 0 Å². The standard InChI is InChI=1S/C16H17BrIN/c1-2-11-19-16(12-7-9-13(17)10-8-12)14-5-3-4-6-15(14)18/h3-10,16,19H,2,11H2,1H3. The summed E-state index contributed by atoms with van der Waals surface area (Å²) in [4.78, 5) is 0. The average molecular weight is 430 g/mol. The summed E-state index contributed by atoms with van der Waals surface area (Å²) in [5, 5.41) is 3.64. The first-order chi connectivity index (χ1) is 9.22. The molecule has 0 radical (unpaired) electrons. The van der Waals surface area contributed by atoms with Gasteiger partial charge in [0.2, 0.25) is 0 Å². The van der Waals surface area contributed by atoms with Crippen molar-refractivity contribution in [1.29, 1.82) is 0 Å². The van der Waals surface area contributed by atoms with E-state index in [1.54, 1.807) is 0 Å². The molecule has 1 unspecified atom stereocenters. The third-order valence-corrected chi connectivity index (χ3v) is 4.53. The second-order valence-corrected chi connectivity index (χ2v) is 6.54. The highest BCUT2D eigenvalue weighted by molar-refractivity contribution is 14.1. The maximum Gasteiger partial charge on any atom is 0.0587 e. The van der Waals surface area contributed by atoms with Crippen molar-refractivity contribution in [2.75, 3.05) is 6.54 Å². The second kappa shape index (κ2) is 7.41. The maximum absolute atomic E-state index is 3.64. The van der Waals surface area contributed by atoms with Crippen LogP contribution in [0.5, 0.6) is 0 Å². The van der Waals surface area contributed by atoms with Gasteiger partial charge in [0.15, 0.2) is 0 Å². The molecular formula is C16H17BrIN. The zero-order chi connectivity index (χ0) is 13.7. The van der Waals surface area contributed by atoms with E-state index in [9.17, 15) is 0 Å². The monoisotopic (exact) mass is 429 g/mol. The van der Waals surface area contributed by atoms with E-state index < -0.39 is 0 Å². The molecule has 2 rings (SSSR count). The van der Waals surface area contributed by atoms with Gasteiger partial charge in [-0.15, -0.1) is 0 Å². The molecule has 0 amide bonds. The number of nitrogens with one attached hydrogen (secondary N) is 1. The Labute approximate surface area is 137 Å². The van der Waals surface area contributed by atoms with Crippen molar-refractivity contribution in [1.82, 2.24) is 5.32 Å². The van der Waals surface area contributed by atoms with Crippen LogP contribution in [0.3, 0.4) is 0 Å². The van der Waals surface area contributed by atoms with Crippen LogP contribution in [0.1, 0.15) is 30.5 Å². The molecule has 3 heteroatoms. The lowest BCUT2D eigenvalue weighted by molar-refractivity contribution is 0.596. The summed E-state index contributed by atoms with van der Waals surface area (Å²) in [5.74, 6) is 0. The molecule has 0 aliphatic heterocycles. The average Bonchev–Trinajstić information content (AvgIpc) is 2.43. The van der Waals surface area contributed by atoms with Gasteiger partial charge in [-0.1, -0.05) is 53.2 Å². The van der Waals surface area contributed by atoms with Crippen molar-refractivity contribution >= 4 is 38.5 Å². The normalized spacial score (nSPS) is 12.4. The molecule has 0 spiro atoms. The summed E-state index contributed by atoms with van der Waals surface area (Å²) in [6, 6.07) is 17.4. The highest BCUT2D eigenvalue weighted by Gasteiger charge is 2.15. The van der Waals surface area contributed by atoms with Crippen LogP contribution in [-0.2, 0) is 0 Å². The fourth-order valence-electron chi connectivity index (χ4n) is 2.06. The molecule has 0 saturated heterocycles. The predicted octanol–water partition coefficient (Wildman–Crippen LogP) is 5.14. The Morgan fingerprint density at radius 3 is 2.42 bits per heavy atom. The molecule has 0 saturated carbocycles. The van der Waals surface area contributed by atoms with Gasteiger partial charge < -0.3 is 5.32 Å². The van der Waals surface area contributed by atoms with Gasteiger partial charge in [0.25, 0.3) is 0 Å². The Bertz CT molecular complexity index is 525. The second-order valence-electron chi connectivity index (χ2n) is 4.46.